The minimum Gasteiger partial charge on any atom is -0.662 e. The summed E-state index contributed by atoms with van der Waals surface area (Å²) in [6, 6.07) is 0.712. The van der Waals surface area contributed by atoms with Gasteiger partial charge in [0.05, 0.1) is 0 Å². The zero-order valence-electron chi connectivity index (χ0n) is 6.56. The molecule has 0 aromatic rings. The van der Waals surface area contributed by atoms with Crippen molar-refractivity contribution in [1.82, 2.24) is 0 Å². The van der Waals surface area contributed by atoms with E-state index in [0.29, 0.717) is 6.04 Å². The van der Waals surface area contributed by atoms with Crippen molar-refractivity contribution in [2.24, 2.45) is 0 Å². The maximum Gasteiger partial charge on any atom is 1.00 e. The van der Waals surface area contributed by atoms with Crippen molar-refractivity contribution in [1.29, 1.82) is 0 Å². The van der Waals surface area contributed by atoms with Crippen molar-refractivity contribution in [2.75, 3.05) is 7.05 Å². The summed E-state index contributed by atoms with van der Waals surface area (Å²) in [4.78, 5) is 0. The molecule has 1 nitrogen and oxygen atoms in total. The van der Waals surface area contributed by atoms with Crippen LogP contribution in [0.25, 0.3) is 5.32 Å². The molecule has 0 unspecified atom stereocenters. The van der Waals surface area contributed by atoms with Gasteiger partial charge in [-0.15, -0.1) is 6.04 Å². The first-order chi connectivity index (χ1) is 3.93. The Morgan fingerprint density at radius 3 is 2.00 bits per heavy atom. The van der Waals surface area contributed by atoms with Crippen LogP contribution in [0.15, 0.2) is 0 Å². The van der Waals surface area contributed by atoms with Gasteiger partial charge in [0.25, 0.3) is 0 Å². The molecule has 1 fully saturated rings. The first-order valence-corrected chi connectivity index (χ1v) is 3.52. The molecule has 0 heterocycles. The Hall–Kier alpha value is 0.557. The fourth-order valence-electron chi connectivity index (χ4n) is 1.34. The summed E-state index contributed by atoms with van der Waals surface area (Å²) in [5.74, 6) is 0. The second kappa shape index (κ2) is 5.35. The quantitative estimate of drug-likeness (QED) is 0.406. The first kappa shape index (κ1) is 9.56. The molecule has 1 saturated carbocycles. The van der Waals surface area contributed by atoms with E-state index in [1.165, 1.54) is 32.1 Å². The molecular weight excluding hydrogens is 105 g/mol. The van der Waals surface area contributed by atoms with Gasteiger partial charge < -0.3 is 5.32 Å². The van der Waals surface area contributed by atoms with Gasteiger partial charge in [0, 0.05) is 0 Å². The van der Waals surface area contributed by atoms with E-state index in [2.05, 4.69) is 5.32 Å². The van der Waals surface area contributed by atoms with E-state index < -0.39 is 0 Å². The molecule has 0 spiro atoms. The second-order valence-corrected chi connectivity index (χ2v) is 2.55. The molecule has 0 atom stereocenters. The fraction of sp³-hybridized carbons (Fsp3) is 1.00. The Kier molecular flexibility index (Phi) is 5.68. The van der Waals surface area contributed by atoms with Crippen molar-refractivity contribution in [2.45, 2.75) is 38.1 Å². The van der Waals surface area contributed by atoms with E-state index in [1.54, 1.807) is 0 Å². The summed E-state index contributed by atoms with van der Waals surface area (Å²) in [7, 11) is 1.94. The summed E-state index contributed by atoms with van der Waals surface area (Å²) >= 11 is 0. The molecule has 0 bridgehead atoms. The van der Waals surface area contributed by atoms with E-state index in [0.717, 1.165) is 0 Å². The van der Waals surface area contributed by atoms with Crippen LogP contribution >= 0.6 is 0 Å². The summed E-state index contributed by atoms with van der Waals surface area (Å²) in [6.45, 7) is 0. The van der Waals surface area contributed by atoms with Gasteiger partial charge in [-0.2, -0.15) is 7.05 Å². The van der Waals surface area contributed by atoms with Crippen LogP contribution in [0.4, 0.5) is 0 Å². The molecule has 1 rings (SSSR count). The number of hydrogen-bond acceptors (Lipinski definition) is 0. The zero-order chi connectivity index (χ0) is 5.82. The predicted molar refractivity (Wildman–Crippen MR) is 36.2 cm³/mol. The van der Waals surface area contributed by atoms with Gasteiger partial charge >= 0.3 is 18.9 Å². The Morgan fingerprint density at radius 1 is 1.11 bits per heavy atom. The zero-order valence-corrected chi connectivity index (χ0v) is 6.56. The predicted octanol–water partition coefficient (Wildman–Crippen LogP) is -0.673. The van der Waals surface area contributed by atoms with Crippen LogP contribution in [-0.4, -0.2) is 13.1 Å². The Morgan fingerprint density at radius 2 is 1.67 bits per heavy atom. The molecule has 0 aliphatic heterocycles. The van der Waals surface area contributed by atoms with Gasteiger partial charge in [-0.25, -0.2) is 0 Å². The molecule has 9 heavy (non-hydrogen) atoms. The molecule has 0 N–H and O–H groups in total. The van der Waals surface area contributed by atoms with Gasteiger partial charge in [-0.1, -0.05) is 32.1 Å². The van der Waals surface area contributed by atoms with Crippen molar-refractivity contribution >= 4 is 0 Å². The van der Waals surface area contributed by atoms with Gasteiger partial charge in [0.2, 0.25) is 0 Å². The third-order valence-corrected chi connectivity index (χ3v) is 1.94. The van der Waals surface area contributed by atoms with Crippen LogP contribution in [0.1, 0.15) is 32.1 Å². The van der Waals surface area contributed by atoms with Crippen LogP contribution in [0, 0.1) is 0 Å². The summed E-state index contributed by atoms with van der Waals surface area (Å²) < 4.78 is 0. The van der Waals surface area contributed by atoms with Crippen LogP contribution in [0.2, 0.25) is 0 Å². The van der Waals surface area contributed by atoms with Gasteiger partial charge in [-0.05, 0) is 0 Å². The SMILES string of the molecule is C[N-]C1CCCCC1.[Li+]. The van der Waals surface area contributed by atoms with Crippen LogP contribution in [-0.2, 0) is 0 Å². The summed E-state index contributed by atoms with van der Waals surface area (Å²) in [5, 5.41) is 4.25. The van der Waals surface area contributed by atoms with Crippen LogP contribution in [0.3, 0.4) is 0 Å². The molecule has 0 amide bonds. The summed E-state index contributed by atoms with van der Waals surface area (Å²) in [6.07, 6.45) is 6.93. The maximum atomic E-state index is 4.25. The number of rotatable bonds is 1. The molecule has 1 aliphatic rings. The van der Waals surface area contributed by atoms with E-state index in [4.69, 9.17) is 0 Å². The minimum absolute atomic E-state index is 0. The average molecular weight is 119 g/mol. The third kappa shape index (κ3) is 3.30. The van der Waals surface area contributed by atoms with Crippen LogP contribution in [0.5, 0.6) is 0 Å². The molecule has 2 heteroatoms. The molecular formula is C7H14LiN. The number of hydrogen-bond donors (Lipinski definition) is 0. The van der Waals surface area contributed by atoms with Crippen molar-refractivity contribution in [3.63, 3.8) is 0 Å². The maximum absolute atomic E-state index is 4.25. The Labute approximate surface area is 69.8 Å². The molecule has 48 valence electrons. The Bertz CT molecular complexity index is 59.9. The smallest absolute Gasteiger partial charge is 0.662 e. The van der Waals surface area contributed by atoms with E-state index in [-0.39, 0.29) is 18.9 Å². The molecule has 0 radical (unpaired) electrons. The van der Waals surface area contributed by atoms with Crippen LogP contribution < -0.4 is 18.9 Å². The van der Waals surface area contributed by atoms with Crippen molar-refractivity contribution in [3.8, 4) is 0 Å². The standard InChI is InChI=1S/C7H14N.Li/c1-8-7-5-3-2-4-6-7;/h7H,2-6H2,1H3;/q-1;+1. The molecule has 1 aliphatic carbocycles. The normalized spacial score (nSPS) is 21.0. The van der Waals surface area contributed by atoms with E-state index in [1.807, 2.05) is 7.05 Å². The molecule has 0 aromatic carbocycles. The van der Waals surface area contributed by atoms with Gasteiger partial charge in [0.1, 0.15) is 0 Å². The first-order valence-electron chi connectivity index (χ1n) is 3.52. The Balaban J connectivity index is 0.000000640. The van der Waals surface area contributed by atoms with Crippen molar-refractivity contribution in [3.05, 3.63) is 5.32 Å². The molecule has 0 saturated heterocycles. The average Bonchev–Trinajstić information content (AvgIpc) is 1.90. The largest absolute Gasteiger partial charge is 1.00 e. The monoisotopic (exact) mass is 119 g/mol. The molecule has 0 aromatic heterocycles. The second-order valence-electron chi connectivity index (χ2n) is 2.55. The minimum atomic E-state index is 0. The summed E-state index contributed by atoms with van der Waals surface area (Å²) in [5.41, 5.74) is 0. The number of nitrogens with zero attached hydrogens (tertiary/aromatic N) is 1. The van der Waals surface area contributed by atoms with Crippen molar-refractivity contribution < 1.29 is 18.9 Å². The van der Waals surface area contributed by atoms with E-state index >= 15 is 0 Å². The van der Waals surface area contributed by atoms with Gasteiger partial charge in [-0.3, -0.25) is 0 Å². The van der Waals surface area contributed by atoms with Gasteiger partial charge in [0.15, 0.2) is 0 Å². The van der Waals surface area contributed by atoms with E-state index in [9.17, 15) is 0 Å². The topological polar surface area (TPSA) is 14.1 Å². The fourth-order valence-corrected chi connectivity index (χ4v) is 1.34. The third-order valence-electron chi connectivity index (χ3n) is 1.94.